The van der Waals surface area contributed by atoms with E-state index >= 15 is 0 Å². The molecule has 0 aliphatic heterocycles. The summed E-state index contributed by atoms with van der Waals surface area (Å²) >= 11 is 0. The molecule has 0 saturated carbocycles. The first kappa shape index (κ1) is 22.9. The number of phenols is 2. The number of methoxy groups -OCH3 is 2. The fourth-order valence-corrected chi connectivity index (χ4v) is 2.60. The van der Waals surface area contributed by atoms with Crippen molar-refractivity contribution in [3.05, 3.63) is 47.5 Å². The second-order valence-corrected chi connectivity index (χ2v) is 6.35. The van der Waals surface area contributed by atoms with Crippen molar-refractivity contribution >= 4 is 12.4 Å². The molecule has 0 aliphatic rings. The highest BCUT2D eigenvalue weighted by molar-refractivity contribution is 5.84. The molecule has 0 aromatic heterocycles. The largest absolute Gasteiger partial charge is 0.504 e. The summed E-state index contributed by atoms with van der Waals surface area (Å²) in [6.45, 7) is 0.991. The minimum Gasteiger partial charge on any atom is -0.504 e. The highest BCUT2D eigenvalue weighted by Gasteiger charge is 2.05. The van der Waals surface area contributed by atoms with Gasteiger partial charge in [-0.15, -0.1) is 0 Å². The highest BCUT2D eigenvalue weighted by Crippen LogP contribution is 2.28. The average Bonchev–Trinajstić information content (AvgIpc) is 2.76. The van der Waals surface area contributed by atoms with E-state index in [1.807, 2.05) is 0 Å². The van der Waals surface area contributed by atoms with Gasteiger partial charge >= 0.3 is 0 Å². The Morgan fingerprint density at radius 3 is 1.53 bits per heavy atom. The number of unbranched alkanes of at least 4 members (excludes halogenated alkanes) is 3. The van der Waals surface area contributed by atoms with Gasteiger partial charge < -0.3 is 29.4 Å². The normalized spacial score (nSPS) is 11.1. The van der Waals surface area contributed by atoms with Gasteiger partial charge in [0.1, 0.15) is 13.2 Å². The number of phenolic OH excluding ortho intramolecular Hbond substituents is 2. The van der Waals surface area contributed by atoms with Crippen molar-refractivity contribution in [3.63, 3.8) is 0 Å². The molecule has 8 nitrogen and oxygen atoms in total. The summed E-state index contributed by atoms with van der Waals surface area (Å²) in [5, 5.41) is 27.6. The summed E-state index contributed by atoms with van der Waals surface area (Å²) in [6, 6.07) is 10.3. The smallest absolute Gasteiger partial charge is 0.166 e. The van der Waals surface area contributed by atoms with E-state index in [0.29, 0.717) is 35.8 Å². The number of rotatable bonds is 13. The van der Waals surface area contributed by atoms with Gasteiger partial charge in [0.2, 0.25) is 0 Å². The first-order chi connectivity index (χ1) is 14.7. The predicted molar refractivity (Wildman–Crippen MR) is 115 cm³/mol. The monoisotopic (exact) mass is 416 g/mol. The van der Waals surface area contributed by atoms with E-state index in [1.165, 1.54) is 26.6 Å². The van der Waals surface area contributed by atoms with Gasteiger partial charge in [-0.2, -0.15) is 0 Å². The number of aromatic hydroxyl groups is 2. The zero-order valence-electron chi connectivity index (χ0n) is 17.3. The second-order valence-electron chi connectivity index (χ2n) is 6.35. The Hall–Kier alpha value is -3.42. The molecule has 0 atom stereocenters. The summed E-state index contributed by atoms with van der Waals surface area (Å²) in [4.78, 5) is 10.4. The molecule has 0 bridgehead atoms. The summed E-state index contributed by atoms with van der Waals surface area (Å²) in [7, 11) is 2.99. The molecule has 0 amide bonds. The van der Waals surface area contributed by atoms with Crippen LogP contribution in [0, 0.1) is 0 Å². The van der Waals surface area contributed by atoms with Crippen molar-refractivity contribution < 1.29 is 29.4 Å². The van der Waals surface area contributed by atoms with Gasteiger partial charge in [0.25, 0.3) is 0 Å². The molecule has 8 heteroatoms. The summed E-state index contributed by atoms with van der Waals surface area (Å²) < 4.78 is 10.1. The number of nitrogens with zero attached hydrogens (tertiary/aromatic N) is 2. The van der Waals surface area contributed by atoms with Crippen LogP contribution >= 0.6 is 0 Å². The lowest BCUT2D eigenvalue weighted by Gasteiger charge is -2.05. The Bertz CT molecular complexity index is 769. The van der Waals surface area contributed by atoms with Gasteiger partial charge in [0.15, 0.2) is 23.0 Å². The molecule has 0 heterocycles. The Labute approximate surface area is 176 Å². The molecule has 162 valence electrons. The molecular weight excluding hydrogens is 388 g/mol. The van der Waals surface area contributed by atoms with Crippen molar-refractivity contribution in [2.24, 2.45) is 10.3 Å². The Morgan fingerprint density at radius 2 is 1.13 bits per heavy atom. The second kappa shape index (κ2) is 12.9. The lowest BCUT2D eigenvalue weighted by Crippen LogP contribution is -1.93. The van der Waals surface area contributed by atoms with Crippen molar-refractivity contribution in [2.75, 3.05) is 27.4 Å². The van der Waals surface area contributed by atoms with Crippen LogP contribution in [0.25, 0.3) is 0 Å². The van der Waals surface area contributed by atoms with Crippen LogP contribution in [0.2, 0.25) is 0 Å². The molecule has 2 aromatic rings. The third-order valence-corrected chi connectivity index (χ3v) is 4.25. The summed E-state index contributed by atoms with van der Waals surface area (Å²) in [6.07, 6.45) is 6.60. The minimum atomic E-state index is 0.0385. The maximum absolute atomic E-state index is 9.94. The number of ether oxygens (including phenoxy) is 2. The Morgan fingerprint density at radius 1 is 0.700 bits per heavy atom. The maximum Gasteiger partial charge on any atom is 0.166 e. The van der Waals surface area contributed by atoms with E-state index in [0.717, 1.165) is 25.7 Å². The van der Waals surface area contributed by atoms with E-state index < -0.39 is 0 Å². The molecule has 2 N–H and O–H groups in total. The fourth-order valence-electron chi connectivity index (χ4n) is 2.60. The molecule has 0 spiro atoms. The van der Waals surface area contributed by atoms with Crippen LogP contribution in [-0.4, -0.2) is 50.1 Å². The van der Waals surface area contributed by atoms with Crippen molar-refractivity contribution in [1.29, 1.82) is 0 Å². The zero-order chi connectivity index (χ0) is 21.6. The van der Waals surface area contributed by atoms with E-state index in [1.54, 1.807) is 36.4 Å². The van der Waals surface area contributed by atoms with Gasteiger partial charge in [0, 0.05) is 11.1 Å². The van der Waals surface area contributed by atoms with Gasteiger partial charge in [-0.3, -0.25) is 0 Å². The van der Waals surface area contributed by atoms with E-state index in [4.69, 9.17) is 19.1 Å². The third-order valence-electron chi connectivity index (χ3n) is 4.25. The zero-order valence-corrected chi connectivity index (χ0v) is 17.3. The van der Waals surface area contributed by atoms with Crippen LogP contribution in [0.5, 0.6) is 23.0 Å². The van der Waals surface area contributed by atoms with Crippen LogP contribution in [0.4, 0.5) is 0 Å². The van der Waals surface area contributed by atoms with Crippen LogP contribution in [0.3, 0.4) is 0 Å². The quantitative estimate of drug-likeness (QED) is 0.290. The molecule has 0 unspecified atom stereocenters. The maximum atomic E-state index is 9.94. The molecule has 0 saturated heterocycles. The van der Waals surface area contributed by atoms with Crippen LogP contribution in [-0.2, 0) is 9.68 Å². The first-order valence-electron chi connectivity index (χ1n) is 9.70. The molecule has 0 fully saturated rings. The molecule has 0 radical (unpaired) electrons. The SMILES string of the molecule is COc1cccc(C=NOCCCCCCON=Cc2cccc(OC)c2O)c1O. The summed E-state index contributed by atoms with van der Waals surface area (Å²) in [5.74, 6) is 0.866. The van der Waals surface area contributed by atoms with E-state index in [-0.39, 0.29) is 11.5 Å². The van der Waals surface area contributed by atoms with Crippen LogP contribution in [0.1, 0.15) is 36.8 Å². The van der Waals surface area contributed by atoms with E-state index in [9.17, 15) is 10.2 Å². The van der Waals surface area contributed by atoms with Crippen molar-refractivity contribution in [2.45, 2.75) is 25.7 Å². The number of hydrogen-bond acceptors (Lipinski definition) is 8. The van der Waals surface area contributed by atoms with Crippen LogP contribution in [0.15, 0.2) is 46.7 Å². The number of hydrogen-bond donors (Lipinski definition) is 2. The first-order valence-corrected chi connectivity index (χ1v) is 9.70. The molecular formula is C22H28N2O6. The molecule has 30 heavy (non-hydrogen) atoms. The van der Waals surface area contributed by atoms with Crippen LogP contribution < -0.4 is 9.47 Å². The molecule has 2 aromatic carbocycles. The average molecular weight is 416 g/mol. The third kappa shape index (κ3) is 7.20. The standard InChI is InChI=1S/C22H28N2O6/c1-27-19-11-7-9-17(21(19)25)15-23-29-13-5-3-4-6-14-30-24-16-18-10-8-12-20(28-2)22(18)26/h7-12,15-16,25-26H,3-6,13-14H2,1-2H3. The van der Waals surface area contributed by atoms with Crippen molar-refractivity contribution in [3.8, 4) is 23.0 Å². The number of benzene rings is 2. The Kier molecular flexibility index (Phi) is 9.85. The Balaban J connectivity index is 1.54. The molecule has 2 rings (SSSR count). The predicted octanol–water partition coefficient (Wildman–Crippen LogP) is 4.08. The van der Waals surface area contributed by atoms with Gasteiger partial charge in [-0.05, 0) is 49.9 Å². The van der Waals surface area contributed by atoms with Crippen molar-refractivity contribution in [1.82, 2.24) is 0 Å². The van der Waals surface area contributed by atoms with E-state index in [2.05, 4.69) is 10.3 Å². The van der Waals surface area contributed by atoms with Gasteiger partial charge in [-0.25, -0.2) is 0 Å². The topological polar surface area (TPSA) is 102 Å². The summed E-state index contributed by atoms with van der Waals surface area (Å²) in [5.41, 5.74) is 1.07. The lowest BCUT2D eigenvalue weighted by molar-refractivity contribution is 0.132. The number of para-hydroxylation sites is 2. The fraction of sp³-hybridized carbons (Fsp3) is 0.364. The van der Waals surface area contributed by atoms with Gasteiger partial charge in [0.05, 0.1) is 26.6 Å². The number of oxime groups is 2. The molecule has 0 aliphatic carbocycles. The highest BCUT2D eigenvalue weighted by atomic mass is 16.6. The minimum absolute atomic E-state index is 0.0385. The van der Waals surface area contributed by atoms with Gasteiger partial charge in [-0.1, -0.05) is 22.4 Å². The lowest BCUT2D eigenvalue weighted by atomic mass is 10.2.